The van der Waals surface area contributed by atoms with Crippen molar-refractivity contribution in [3.8, 4) is 55.9 Å². The zero-order valence-corrected chi connectivity index (χ0v) is 32.3. The number of pyridine rings is 3. The normalized spacial score (nSPS) is 10.9. The van der Waals surface area contributed by atoms with E-state index in [1.165, 1.54) is 5.39 Å². The van der Waals surface area contributed by atoms with E-state index in [1.807, 2.05) is 85.3 Å². The summed E-state index contributed by atoms with van der Waals surface area (Å²) in [5.41, 5.74) is 13.1. The molecule has 0 N–H and O–H groups in total. The van der Waals surface area contributed by atoms with Crippen LogP contribution in [0, 0.1) is 19.1 Å². The fraction of sp³-hybridized carbons (Fsp3) is 0.0200. The summed E-state index contributed by atoms with van der Waals surface area (Å²) < 4.78 is 6.92. The van der Waals surface area contributed by atoms with Crippen LogP contribution in [0.1, 0.15) is 5.56 Å². The molecule has 0 saturated heterocycles. The standard InChI is InChI=1S/C39H25N2O.C11H8N.Ir/c1-25-23-40-24-35-29(25)14-8-15-31(35)32-19-18-30(27-12-6-3-7-13-27)37-34-17-9-16-33(38(34)42-39(32)37)36-22-28(20-21-41-36)26-10-4-2-5-11-26;1-2-6-10(7-3-1)11-8-4-5-9-12-11;/h2-15,17-24H,1H3;1-6,8-9H;/q2*-1;. The molecule has 0 aliphatic heterocycles. The molecular weight excluding hydrogens is 851 g/mol. The van der Waals surface area contributed by atoms with Gasteiger partial charge in [-0.05, 0) is 75.3 Å². The van der Waals surface area contributed by atoms with Crippen molar-refractivity contribution >= 4 is 32.7 Å². The number of nitrogens with zero attached hydrogens (tertiary/aromatic N) is 3. The van der Waals surface area contributed by atoms with Gasteiger partial charge >= 0.3 is 0 Å². The first-order chi connectivity index (χ1) is 26.7. The van der Waals surface area contributed by atoms with E-state index in [2.05, 4.69) is 120 Å². The molecular formula is C50H33IrN3O-2. The number of aryl methyl sites for hydroxylation is 1. The minimum Gasteiger partial charge on any atom is -0.500 e. The van der Waals surface area contributed by atoms with Crippen molar-refractivity contribution in [2.75, 3.05) is 0 Å². The second-order valence-corrected chi connectivity index (χ2v) is 13.1. The Bertz CT molecular complexity index is 2840. The average molecular weight is 884 g/mol. The third kappa shape index (κ3) is 7.00. The molecule has 6 aromatic carbocycles. The first-order valence-electron chi connectivity index (χ1n) is 17.9. The number of benzene rings is 6. The van der Waals surface area contributed by atoms with Gasteiger partial charge in [-0.3, -0.25) is 4.98 Å². The molecule has 10 aromatic rings. The van der Waals surface area contributed by atoms with Gasteiger partial charge in [-0.15, -0.1) is 54.1 Å². The minimum absolute atomic E-state index is 0. The Balaban J connectivity index is 0.000000280. The molecule has 0 atom stereocenters. The zero-order valence-electron chi connectivity index (χ0n) is 29.9. The predicted octanol–water partition coefficient (Wildman–Crippen LogP) is 12.9. The molecule has 4 heterocycles. The molecule has 0 fully saturated rings. The van der Waals surface area contributed by atoms with E-state index in [-0.39, 0.29) is 20.1 Å². The topological polar surface area (TPSA) is 51.8 Å². The number of hydrogen-bond donors (Lipinski definition) is 0. The van der Waals surface area contributed by atoms with Crippen molar-refractivity contribution in [1.29, 1.82) is 0 Å². The molecule has 4 aromatic heterocycles. The Kier molecular flexibility index (Phi) is 10.2. The summed E-state index contributed by atoms with van der Waals surface area (Å²) >= 11 is 0. The maximum absolute atomic E-state index is 6.92. The second-order valence-electron chi connectivity index (χ2n) is 13.1. The van der Waals surface area contributed by atoms with Crippen LogP contribution >= 0.6 is 0 Å². The van der Waals surface area contributed by atoms with Crippen LogP contribution in [0.2, 0.25) is 0 Å². The maximum atomic E-state index is 6.92. The predicted molar refractivity (Wildman–Crippen MR) is 221 cm³/mol. The van der Waals surface area contributed by atoms with Gasteiger partial charge in [0.05, 0.1) is 5.58 Å². The molecule has 0 saturated carbocycles. The monoisotopic (exact) mass is 884 g/mol. The van der Waals surface area contributed by atoms with E-state index < -0.39 is 0 Å². The van der Waals surface area contributed by atoms with Crippen LogP contribution < -0.4 is 0 Å². The first kappa shape index (κ1) is 35.5. The van der Waals surface area contributed by atoms with Crippen molar-refractivity contribution in [3.63, 3.8) is 0 Å². The molecule has 1 radical (unpaired) electrons. The summed E-state index contributed by atoms with van der Waals surface area (Å²) in [6, 6.07) is 60.2. The van der Waals surface area contributed by atoms with E-state index in [1.54, 1.807) is 6.20 Å². The number of aromatic nitrogens is 3. The van der Waals surface area contributed by atoms with Crippen LogP contribution in [-0.2, 0) is 20.1 Å². The Morgan fingerprint density at radius 1 is 0.491 bits per heavy atom. The van der Waals surface area contributed by atoms with E-state index in [0.29, 0.717) is 0 Å². The Morgan fingerprint density at radius 2 is 1.25 bits per heavy atom. The van der Waals surface area contributed by atoms with Crippen molar-refractivity contribution < 1.29 is 24.5 Å². The van der Waals surface area contributed by atoms with E-state index in [9.17, 15) is 0 Å². The number of furan rings is 1. The molecule has 0 aliphatic rings. The first-order valence-corrected chi connectivity index (χ1v) is 17.9. The molecule has 55 heavy (non-hydrogen) atoms. The number of fused-ring (bicyclic) bond motifs is 4. The average Bonchev–Trinajstić information content (AvgIpc) is 3.65. The van der Waals surface area contributed by atoms with Crippen LogP contribution in [0.15, 0.2) is 187 Å². The molecule has 4 nitrogen and oxygen atoms in total. The molecule has 0 bridgehead atoms. The van der Waals surface area contributed by atoms with E-state index in [0.717, 1.165) is 88.8 Å². The minimum atomic E-state index is 0. The third-order valence-electron chi connectivity index (χ3n) is 9.73. The van der Waals surface area contributed by atoms with Crippen molar-refractivity contribution in [3.05, 3.63) is 200 Å². The number of rotatable bonds is 5. The summed E-state index contributed by atoms with van der Waals surface area (Å²) in [6.45, 7) is 2.10. The van der Waals surface area contributed by atoms with Gasteiger partial charge in [0.1, 0.15) is 5.58 Å². The van der Waals surface area contributed by atoms with E-state index >= 15 is 0 Å². The SMILES string of the molecule is Cc1cncc2c(-c3ccc(-c4ccccc4)c4c3oc3c(-c5cc(-c6ccccc6)ccn5)[c-]ccc34)cccc12.[Ir].[c-]1ccccc1-c1ccccn1. The summed E-state index contributed by atoms with van der Waals surface area (Å²) in [5.74, 6) is 0. The quantitative estimate of drug-likeness (QED) is 0.162. The molecule has 0 unspecified atom stereocenters. The summed E-state index contributed by atoms with van der Waals surface area (Å²) in [4.78, 5) is 13.5. The molecule has 0 spiro atoms. The summed E-state index contributed by atoms with van der Waals surface area (Å²) in [7, 11) is 0. The summed E-state index contributed by atoms with van der Waals surface area (Å²) in [5, 5.41) is 4.42. The molecule has 5 heteroatoms. The van der Waals surface area contributed by atoms with Crippen molar-refractivity contribution in [2.24, 2.45) is 0 Å². The van der Waals surface area contributed by atoms with Crippen LogP contribution in [0.4, 0.5) is 0 Å². The van der Waals surface area contributed by atoms with Crippen molar-refractivity contribution in [2.45, 2.75) is 6.92 Å². The van der Waals surface area contributed by atoms with Gasteiger partial charge in [0.25, 0.3) is 0 Å². The molecule has 0 amide bonds. The molecule has 0 aliphatic carbocycles. The Morgan fingerprint density at radius 3 is 2.04 bits per heavy atom. The van der Waals surface area contributed by atoms with Gasteiger partial charge in [-0.2, -0.15) is 0 Å². The number of hydrogen-bond acceptors (Lipinski definition) is 4. The van der Waals surface area contributed by atoms with Crippen LogP contribution in [-0.4, -0.2) is 15.0 Å². The molecule has 265 valence electrons. The van der Waals surface area contributed by atoms with Crippen LogP contribution in [0.25, 0.3) is 88.6 Å². The maximum Gasteiger partial charge on any atom is 0.129 e. The fourth-order valence-corrected chi connectivity index (χ4v) is 7.13. The largest absolute Gasteiger partial charge is 0.500 e. The van der Waals surface area contributed by atoms with Crippen LogP contribution in [0.5, 0.6) is 0 Å². The second kappa shape index (κ2) is 15.8. The third-order valence-corrected chi connectivity index (χ3v) is 9.73. The van der Waals surface area contributed by atoms with Gasteiger partial charge in [0.15, 0.2) is 0 Å². The van der Waals surface area contributed by atoms with Gasteiger partial charge in [0.2, 0.25) is 0 Å². The smallest absolute Gasteiger partial charge is 0.129 e. The zero-order chi connectivity index (χ0) is 36.3. The van der Waals surface area contributed by atoms with Crippen molar-refractivity contribution in [1.82, 2.24) is 15.0 Å². The fourth-order valence-electron chi connectivity index (χ4n) is 7.13. The van der Waals surface area contributed by atoms with E-state index in [4.69, 9.17) is 9.40 Å². The van der Waals surface area contributed by atoms with Gasteiger partial charge in [-0.1, -0.05) is 114 Å². The Hall–Kier alpha value is -6.52. The van der Waals surface area contributed by atoms with Gasteiger partial charge in [-0.25, -0.2) is 0 Å². The van der Waals surface area contributed by atoms with Gasteiger partial charge < -0.3 is 14.4 Å². The van der Waals surface area contributed by atoms with Gasteiger partial charge in [0, 0.05) is 61.2 Å². The summed E-state index contributed by atoms with van der Waals surface area (Å²) in [6.07, 6.45) is 7.52. The molecule has 10 rings (SSSR count). The van der Waals surface area contributed by atoms with Crippen LogP contribution in [0.3, 0.4) is 0 Å². The Labute approximate surface area is 333 Å².